The number of methoxy groups -OCH3 is 1. The van der Waals surface area contributed by atoms with Gasteiger partial charge in [-0.1, -0.05) is 0 Å². The van der Waals surface area contributed by atoms with E-state index in [9.17, 15) is 5.11 Å². The molecule has 6 heteroatoms. The maximum absolute atomic E-state index is 9.41. The Bertz CT molecular complexity index is 309. The van der Waals surface area contributed by atoms with Crippen molar-refractivity contribution in [1.82, 2.24) is 9.97 Å². The highest BCUT2D eigenvalue weighted by Crippen LogP contribution is 2.07. The van der Waals surface area contributed by atoms with E-state index in [0.29, 0.717) is 25.0 Å². The van der Waals surface area contributed by atoms with Gasteiger partial charge in [-0.2, -0.15) is 4.98 Å². The predicted octanol–water partition coefficient (Wildman–Crippen LogP) is 0.294. The zero-order valence-electron chi connectivity index (χ0n) is 9.51. The van der Waals surface area contributed by atoms with E-state index >= 15 is 0 Å². The number of rotatable bonds is 7. The first-order chi connectivity index (χ1) is 7.76. The van der Waals surface area contributed by atoms with E-state index in [-0.39, 0.29) is 6.61 Å². The topological polar surface area (TPSA) is 76.5 Å². The molecule has 0 saturated carbocycles. The minimum atomic E-state index is -0.579. The Morgan fingerprint density at radius 2 is 2.38 bits per heavy atom. The average molecular weight is 227 g/mol. The van der Waals surface area contributed by atoms with Gasteiger partial charge < -0.3 is 19.9 Å². The summed E-state index contributed by atoms with van der Waals surface area (Å²) in [6.07, 6.45) is 1.02. The second kappa shape index (κ2) is 6.97. The summed E-state index contributed by atoms with van der Waals surface area (Å²) < 4.78 is 10.0. The minimum Gasteiger partial charge on any atom is -0.478 e. The summed E-state index contributed by atoms with van der Waals surface area (Å²) in [4.78, 5) is 8.10. The molecule has 0 aliphatic heterocycles. The van der Waals surface area contributed by atoms with Crippen LogP contribution < -0.4 is 10.1 Å². The molecular formula is C10H17N3O3. The van der Waals surface area contributed by atoms with Crippen LogP contribution in [0.3, 0.4) is 0 Å². The minimum absolute atomic E-state index is 0.276. The predicted molar refractivity (Wildman–Crippen MR) is 59.6 cm³/mol. The fourth-order valence-corrected chi connectivity index (χ4v) is 1.12. The van der Waals surface area contributed by atoms with Crippen molar-refractivity contribution in [2.75, 3.05) is 32.2 Å². The maximum Gasteiger partial charge on any atom is 0.226 e. The van der Waals surface area contributed by atoms with Crippen LogP contribution in [0.5, 0.6) is 5.88 Å². The molecular weight excluding hydrogens is 210 g/mol. The molecule has 1 aromatic rings. The van der Waals surface area contributed by atoms with E-state index < -0.39 is 6.10 Å². The number of ether oxygens (including phenoxy) is 2. The van der Waals surface area contributed by atoms with Crippen molar-refractivity contribution in [3.05, 3.63) is 12.3 Å². The van der Waals surface area contributed by atoms with Crippen molar-refractivity contribution in [2.24, 2.45) is 0 Å². The molecule has 0 amide bonds. The summed E-state index contributed by atoms with van der Waals surface area (Å²) in [6, 6.07) is 1.68. The molecule has 2 N–H and O–H groups in total. The van der Waals surface area contributed by atoms with Crippen LogP contribution in [0.4, 0.5) is 5.95 Å². The second-order valence-corrected chi connectivity index (χ2v) is 3.14. The van der Waals surface area contributed by atoms with Crippen LogP contribution in [0.15, 0.2) is 12.3 Å². The Morgan fingerprint density at radius 1 is 1.56 bits per heavy atom. The van der Waals surface area contributed by atoms with Crippen molar-refractivity contribution in [3.63, 3.8) is 0 Å². The van der Waals surface area contributed by atoms with Gasteiger partial charge in [0.05, 0.1) is 19.3 Å². The lowest BCUT2D eigenvalue weighted by Gasteiger charge is -2.10. The number of aliphatic hydroxyl groups excluding tert-OH is 1. The van der Waals surface area contributed by atoms with Crippen molar-refractivity contribution in [2.45, 2.75) is 13.0 Å². The number of hydrogen-bond donors (Lipinski definition) is 2. The molecule has 1 aromatic heterocycles. The van der Waals surface area contributed by atoms with Gasteiger partial charge in [0, 0.05) is 25.9 Å². The number of aliphatic hydroxyl groups is 1. The lowest BCUT2D eigenvalue weighted by atomic mass is 10.4. The van der Waals surface area contributed by atoms with Crippen molar-refractivity contribution in [1.29, 1.82) is 0 Å². The van der Waals surface area contributed by atoms with Crippen LogP contribution in [-0.2, 0) is 4.74 Å². The third kappa shape index (κ3) is 4.41. The SMILES string of the molecule is CCOc1ccnc(NCC(O)COC)n1. The Kier molecular flexibility index (Phi) is 5.52. The molecule has 0 aliphatic rings. The van der Waals surface area contributed by atoms with Crippen molar-refractivity contribution < 1.29 is 14.6 Å². The van der Waals surface area contributed by atoms with Crippen LogP contribution in [0.25, 0.3) is 0 Å². The van der Waals surface area contributed by atoms with Gasteiger partial charge in [-0.25, -0.2) is 4.98 Å². The van der Waals surface area contributed by atoms with Crippen LogP contribution in [0, 0.1) is 0 Å². The Balaban J connectivity index is 2.44. The zero-order chi connectivity index (χ0) is 11.8. The normalized spacial score (nSPS) is 12.2. The Hall–Kier alpha value is -1.40. The smallest absolute Gasteiger partial charge is 0.226 e. The van der Waals surface area contributed by atoms with Gasteiger partial charge in [-0.3, -0.25) is 0 Å². The number of nitrogens with zero attached hydrogens (tertiary/aromatic N) is 2. The van der Waals surface area contributed by atoms with Crippen molar-refractivity contribution in [3.8, 4) is 5.88 Å². The lowest BCUT2D eigenvalue weighted by molar-refractivity contribution is 0.0726. The highest BCUT2D eigenvalue weighted by Gasteiger charge is 2.04. The van der Waals surface area contributed by atoms with Gasteiger partial charge >= 0.3 is 0 Å². The van der Waals surface area contributed by atoms with E-state index in [4.69, 9.17) is 9.47 Å². The first kappa shape index (κ1) is 12.7. The van der Waals surface area contributed by atoms with Gasteiger partial charge in [0.1, 0.15) is 0 Å². The van der Waals surface area contributed by atoms with Crippen LogP contribution >= 0.6 is 0 Å². The van der Waals surface area contributed by atoms with Gasteiger partial charge in [0.2, 0.25) is 11.8 Å². The molecule has 0 spiro atoms. The third-order valence-electron chi connectivity index (χ3n) is 1.78. The van der Waals surface area contributed by atoms with Crippen LogP contribution in [-0.4, -0.2) is 48.0 Å². The summed E-state index contributed by atoms with van der Waals surface area (Å²) in [5.74, 6) is 0.947. The Morgan fingerprint density at radius 3 is 3.06 bits per heavy atom. The quantitative estimate of drug-likeness (QED) is 0.697. The molecule has 0 radical (unpaired) electrons. The van der Waals surface area contributed by atoms with Gasteiger partial charge in [-0.15, -0.1) is 0 Å². The maximum atomic E-state index is 9.41. The second-order valence-electron chi connectivity index (χ2n) is 3.14. The number of anilines is 1. The highest BCUT2D eigenvalue weighted by molar-refractivity contribution is 5.27. The molecule has 1 rings (SSSR count). The molecule has 0 aliphatic carbocycles. The monoisotopic (exact) mass is 227 g/mol. The molecule has 1 unspecified atom stereocenters. The van der Waals surface area contributed by atoms with E-state index in [2.05, 4.69) is 15.3 Å². The lowest BCUT2D eigenvalue weighted by Crippen LogP contribution is -2.24. The fourth-order valence-electron chi connectivity index (χ4n) is 1.12. The fraction of sp³-hybridized carbons (Fsp3) is 0.600. The number of nitrogens with one attached hydrogen (secondary N) is 1. The Labute approximate surface area is 94.6 Å². The zero-order valence-corrected chi connectivity index (χ0v) is 9.51. The van der Waals surface area contributed by atoms with Gasteiger partial charge in [0.15, 0.2) is 0 Å². The summed E-state index contributed by atoms with van der Waals surface area (Å²) in [7, 11) is 1.54. The van der Waals surface area contributed by atoms with E-state index in [0.717, 1.165) is 0 Å². The number of aromatic nitrogens is 2. The third-order valence-corrected chi connectivity index (χ3v) is 1.78. The van der Waals surface area contributed by atoms with Gasteiger partial charge in [-0.05, 0) is 6.92 Å². The van der Waals surface area contributed by atoms with E-state index in [1.165, 1.54) is 7.11 Å². The molecule has 0 bridgehead atoms. The van der Waals surface area contributed by atoms with E-state index in [1.807, 2.05) is 6.92 Å². The summed E-state index contributed by atoms with van der Waals surface area (Å²) in [5.41, 5.74) is 0. The molecule has 0 aromatic carbocycles. The molecule has 1 atom stereocenters. The van der Waals surface area contributed by atoms with Crippen LogP contribution in [0.1, 0.15) is 6.92 Å². The summed E-state index contributed by atoms with van der Waals surface area (Å²) in [5, 5.41) is 12.3. The van der Waals surface area contributed by atoms with E-state index in [1.54, 1.807) is 12.3 Å². The number of hydrogen-bond acceptors (Lipinski definition) is 6. The molecule has 1 heterocycles. The molecule has 16 heavy (non-hydrogen) atoms. The molecule has 90 valence electrons. The van der Waals surface area contributed by atoms with Crippen molar-refractivity contribution >= 4 is 5.95 Å². The van der Waals surface area contributed by atoms with Crippen LogP contribution in [0.2, 0.25) is 0 Å². The molecule has 0 saturated heterocycles. The first-order valence-electron chi connectivity index (χ1n) is 5.13. The average Bonchev–Trinajstić information content (AvgIpc) is 2.28. The largest absolute Gasteiger partial charge is 0.478 e. The molecule has 6 nitrogen and oxygen atoms in total. The molecule has 0 fully saturated rings. The first-order valence-corrected chi connectivity index (χ1v) is 5.13. The summed E-state index contributed by atoms with van der Waals surface area (Å²) in [6.45, 7) is 3.06. The summed E-state index contributed by atoms with van der Waals surface area (Å²) >= 11 is 0. The highest BCUT2D eigenvalue weighted by atomic mass is 16.5. The van der Waals surface area contributed by atoms with Gasteiger partial charge in [0.25, 0.3) is 0 Å². The standard InChI is InChI=1S/C10H17N3O3/c1-3-16-9-4-5-11-10(13-9)12-6-8(14)7-15-2/h4-5,8,14H,3,6-7H2,1-2H3,(H,11,12,13).